The third-order valence-corrected chi connectivity index (χ3v) is 5.85. The maximum absolute atomic E-state index is 10.1. The molecule has 0 rings (SSSR count). The summed E-state index contributed by atoms with van der Waals surface area (Å²) in [5.74, 6) is 1.86. The Morgan fingerprint density at radius 1 is 0.842 bits per heavy atom. The molecule has 0 aliphatic carbocycles. The summed E-state index contributed by atoms with van der Waals surface area (Å²) in [6.45, 7) is 3.69. The molecule has 0 aromatic carbocycles. The van der Waals surface area contributed by atoms with Crippen LogP contribution >= 0.6 is 23.5 Å². The van der Waals surface area contributed by atoms with Crippen LogP contribution in [-0.4, -0.2) is 61.4 Å². The van der Waals surface area contributed by atoms with Crippen molar-refractivity contribution in [3.8, 4) is 0 Å². The molecule has 0 saturated carbocycles. The van der Waals surface area contributed by atoms with E-state index in [9.17, 15) is 15.3 Å². The van der Waals surface area contributed by atoms with Crippen LogP contribution in [0, 0.1) is 0 Å². The number of rotatable bonds is 12. The molecule has 3 atom stereocenters. The standard InChI is InChI=1S/C13H28O4S2/c1-3-5-7-18-13(19-8-6-4-2)12(17)11(16)10(15)9-14/h10-17H,3-9H2,1-2H3/t10-,11-,12-/m1/s1. The molecule has 0 fully saturated rings. The molecular formula is C13H28O4S2. The zero-order valence-electron chi connectivity index (χ0n) is 11.9. The lowest BCUT2D eigenvalue weighted by molar-refractivity contribution is -0.0706. The lowest BCUT2D eigenvalue weighted by Crippen LogP contribution is -2.44. The molecule has 0 saturated heterocycles. The van der Waals surface area contributed by atoms with E-state index in [1.54, 1.807) is 23.5 Å². The van der Waals surface area contributed by atoms with E-state index < -0.39 is 24.9 Å². The number of aliphatic hydroxyl groups excluding tert-OH is 4. The number of aliphatic hydroxyl groups is 4. The Kier molecular flexibility index (Phi) is 12.6. The molecule has 0 aromatic heterocycles. The van der Waals surface area contributed by atoms with Gasteiger partial charge in [-0.15, -0.1) is 23.5 Å². The molecule has 19 heavy (non-hydrogen) atoms. The summed E-state index contributed by atoms with van der Waals surface area (Å²) in [7, 11) is 0. The first kappa shape index (κ1) is 19.5. The first-order valence-electron chi connectivity index (χ1n) is 6.96. The molecule has 0 aromatic rings. The molecule has 0 aliphatic rings. The maximum Gasteiger partial charge on any atom is 0.110 e. The minimum absolute atomic E-state index is 0.158. The molecular weight excluding hydrogens is 284 g/mol. The summed E-state index contributed by atoms with van der Waals surface area (Å²) in [5.41, 5.74) is 0. The van der Waals surface area contributed by atoms with Crippen LogP contribution in [0.15, 0.2) is 0 Å². The van der Waals surface area contributed by atoms with Crippen LogP contribution in [0.25, 0.3) is 0 Å². The fourth-order valence-electron chi connectivity index (χ4n) is 1.43. The average molecular weight is 312 g/mol. The predicted octanol–water partition coefficient (Wildman–Crippen LogP) is 1.45. The van der Waals surface area contributed by atoms with Crippen molar-refractivity contribution in [2.24, 2.45) is 0 Å². The van der Waals surface area contributed by atoms with Crippen molar-refractivity contribution in [2.45, 2.75) is 62.4 Å². The number of thioether (sulfide) groups is 2. The Morgan fingerprint density at radius 2 is 1.32 bits per heavy atom. The smallest absolute Gasteiger partial charge is 0.110 e. The van der Waals surface area contributed by atoms with E-state index in [0.717, 1.165) is 37.2 Å². The molecule has 116 valence electrons. The van der Waals surface area contributed by atoms with Gasteiger partial charge in [0.1, 0.15) is 18.3 Å². The summed E-state index contributed by atoms with van der Waals surface area (Å²) >= 11 is 3.24. The zero-order chi connectivity index (χ0) is 14.7. The predicted molar refractivity (Wildman–Crippen MR) is 83.6 cm³/mol. The summed E-state index contributed by atoms with van der Waals surface area (Å²) in [6.07, 6.45) is 0.733. The van der Waals surface area contributed by atoms with Crippen LogP contribution in [0.4, 0.5) is 0 Å². The summed E-state index contributed by atoms with van der Waals surface area (Å²) in [5, 5.41) is 38.1. The lowest BCUT2D eigenvalue weighted by atomic mass is 10.1. The lowest BCUT2D eigenvalue weighted by Gasteiger charge is -2.28. The molecule has 0 bridgehead atoms. The maximum atomic E-state index is 10.1. The van der Waals surface area contributed by atoms with Crippen molar-refractivity contribution in [1.29, 1.82) is 0 Å². The fraction of sp³-hybridized carbons (Fsp3) is 1.00. The first-order chi connectivity index (χ1) is 9.08. The summed E-state index contributed by atoms with van der Waals surface area (Å²) in [4.78, 5) is 0. The third-order valence-electron chi connectivity index (χ3n) is 2.77. The van der Waals surface area contributed by atoms with Gasteiger partial charge in [0.25, 0.3) is 0 Å². The monoisotopic (exact) mass is 312 g/mol. The number of hydrogen-bond acceptors (Lipinski definition) is 6. The largest absolute Gasteiger partial charge is 0.394 e. The van der Waals surface area contributed by atoms with Crippen molar-refractivity contribution in [2.75, 3.05) is 18.1 Å². The quantitative estimate of drug-likeness (QED) is 0.323. The van der Waals surface area contributed by atoms with Gasteiger partial charge in [0.15, 0.2) is 0 Å². The Balaban J connectivity index is 4.33. The van der Waals surface area contributed by atoms with Gasteiger partial charge in [-0.2, -0.15) is 0 Å². The SMILES string of the molecule is CCCCSC(SCCCC)[C@H](O)[C@H](O)[C@H](O)CO. The number of hydrogen-bond donors (Lipinski definition) is 4. The Morgan fingerprint density at radius 3 is 1.68 bits per heavy atom. The Labute approximate surface area is 125 Å². The van der Waals surface area contributed by atoms with Crippen molar-refractivity contribution in [3.05, 3.63) is 0 Å². The molecule has 4 nitrogen and oxygen atoms in total. The topological polar surface area (TPSA) is 80.9 Å². The first-order valence-corrected chi connectivity index (χ1v) is 9.06. The van der Waals surface area contributed by atoms with E-state index in [0.29, 0.717) is 0 Å². The highest BCUT2D eigenvalue weighted by molar-refractivity contribution is 8.17. The van der Waals surface area contributed by atoms with Gasteiger partial charge in [0.2, 0.25) is 0 Å². The average Bonchev–Trinajstić information content (AvgIpc) is 2.43. The van der Waals surface area contributed by atoms with Crippen molar-refractivity contribution in [3.63, 3.8) is 0 Å². The molecule has 0 aliphatic heterocycles. The highest BCUT2D eigenvalue weighted by Crippen LogP contribution is 2.30. The molecule has 0 radical (unpaired) electrons. The van der Waals surface area contributed by atoms with Crippen LogP contribution in [0.1, 0.15) is 39.5 Å². The van der Waals surface area contributed by atoms with Gasteiger partial charge in [-0.25, -0.2) is 0 Å². The second-order valence-corrected chi connectivity index (χ2v) is 7.35. The van der Waals surface area contributed by atoms with Crippen LogP contribution in [0.3, 0.4) is 0 Å². The van der Waals surface area contributed by atoms with Crippen molar-refractivity contribution < 1.29 is 20.4 Å². The second-order valence-electron chi connectivity index (χ2n) is 4.55. The van der Waals surface area contributed by atoms with Gasteiger partial charge in [0, 0.05) is 0 Å². The van der Waals surface area contributed by atoms with Crippen LogP contribution in [0.2, 0.25) is 0 Å². The van der Waals surface area contributed by atoms with Crippen LogP contribution in [0.5, 0.6) is 0 Å². The molecule has 0 unspecified atom stereocenters. The molecule has 0 spiro atoms. The van der Waals surface area contributed by atoms with E-state index in [-0.39, 0.29) is 4.58 Å². The minimum atomic E-state index is -1.29. The van der Waals surface area contributed by atoms with E-state index in [1.807, 2.05) is 0 Å². The highest BCUT2D eigenvalue weighted by Gasteiger charge is 2.31. The zero-order valence-corrected chi connectivity index (χ0v) is 13.5. The van der Waals surface area contributed by atoms with E-state index >= 15 is 0 Å². The Bertz CT molecular complexity index is 197. The number of unbranched alkanes of at least 4 members (excludes halogenated alkanes) is 2. The van der Waals surface area contributed by atoms with Crippen LogP contribution < -0.4 is 0 Å². The van der Waals surface area contributed by atoms with E-state index in [2.05, 4.69) is 13.8 Å². The molecule has 4 N–H and O–H groups in total. The fourth-order valence-corrected chi connectivity index (χ4v) is 4.48. The van der Waals surface area contributed by atoms with Crippen molar-refractivity contribution >= 4 is 23.5 Å². The van der Waals surface area contributed by atoms with Gasteiger partial charge < -0.3 is 20.4 Å². The second kappa shape index (κ2) is 12.3. The van der Waals surface area contributed by atoms with Crippen LogP contribution in [-0.2, 0) is 0 Å². The van der Waals surface area contributed by atoms with Gasteiger partial charge in [-0.3, -0.25) is 0 Å². The minimum Gasteiger partial charge on any atom is -0.394 e. The summed E-state index contributed by atoms with van der Waals surface area (Å²) in [6, 6.07) is 0. The van der Waals surface area contributed by atoms with Gasteiger partial charge in [-0.1, -0.05) is 26.7 Å². The van der Waals surface area contributed by atoms with Gasteiger partial charge >= 0.3 is 0 Å². The highest BCUT2D eigenvalue weighted by atomic mass is 32.2. The van der Waals surface area contributed by atoms with Crippen molar-refractivity contribution in [1.82, 2.24) is 0 Å². The van der Waals surface area contributed by atoms with E-state index in [4.69, 9.17) is 5.11 Å². The molecule has 0 amide bonds. The molecule has 0 heterocycles. The summed E-state index contributed by atoms with van der Waals surface area (Å²) < 4.78 is -0.158. The Hall–Kier alpha value is 0.540. The molecule has 6 heteroatoms. The van der Waals surface area contributed by atoms with Gasteiger partial charge in [0.05, 0.1) is 11.2 Å². The van der Waals surface area contributed by atoms with E-state index in [1.165, 1.54) is 0 Å². The third kappa shape index (κ3) is 8.42. The van der Waals surface area contributed by atoms with Gasteiger partial charge in [-0.05, 0) is 24.3 Å². The normalized spacial score (nSPS) is 16.6.